The molecular formula is C13H19F3N2O3S. The molecule has 0 saturated heterocycles. The van der Waals surface area contributed by atoms with Gasteiger partial charge < -0.3 is 4.52 Å². The third-order valence-corrected chi connectivity index (χ3v) is 5.69. The van der Waals surface area contributed by atoms with Crippen LogP contribution in [0.4, 0.5) is 13.2 Å². The maximum Gasteiger partial charge on any atom is 0.395 e. The molecule has 126 valence electrons. The summed E-state index contributed by atoms with van der Waals surface area (Å²) in [4.78, 5) is 0. The van der Waals surface area contributed by atoms with Crippen molar-refractivity contribution in [3.63, 3.8) is 0 Å². The van der Waals surface area contributed by atoms with E-state index in [0.29, 0.717) is 17.9 Å². The molecule has 9 heteroatoms. The zero-order valence-corrected chi connectivity index (χ0v) is 13.4. The lowest BCUT2D eigenvalue weighted by Crippen LogP contribution is -2.41. The maximum absolute atomic E-state index is 12.9. The summed E-state index contributed by atoms with van der Waals surface area (Å²) < 4.78 is 69.9. The molecule has 1 aromatic rings. The molecule has 2 rings (SSSR count). The summed E-state index contributed by atoms with van der Waals surface area (Å²) in [6.45, 7) is 5.05. The van der Waals surface area contributed by atoms with E-state index in [1.165, 1.54) is 0 Å². The Balaban J connectivity index is 2.00. The van der Waals surface area contributed by atoms with Crippen LogP contribution in [0.15, 0.2) is 4.52 Å². The maximum atomic E-state index is 12.9. The molecule has 5 nitrogen and oxygen atoms in total. The topological polar surface area (TPSA) is 72.2 Å². The van der Waals surface area contributed by atoms with Crippen molar-refractivity contribution in [1.82, 2.24) is 9.88 Å². The van der Waals surface area contributed by atoms with Crippen LogP contribution in [0.3, 0.4) is 0 Å². The molecule has 0 bridgehead atoms. The molecule has 1 heterocycles. The minimum atomic E-state index is -4.48. The Hall–Kier alpha value is -1.09. The first-order valence-corrected chi connectivity index (χ1v) is 8.59. The summed E-state index contributed by atoms with van der Waals surface area (Å²) in [6, 6.07) is -0.536. The summed E-state index contributed by atoms with van der Waals surface area (Å²) in [6.07, 6.45) is -4.42. The summed E-state index contributed by atoms with van der Waals surface area (Å²) in [5, 5.41) is 3.77. The predicted octanol–water partition coefficient (Wildman–Crippen LogP) is 2.48. The van der Waals surface area contributed by atoms with Crippen molar-refractivity contribution in [2.45, 2.75) is 52.3 Å². The largest absolute Gasteiger partial charge is 0.395 e. The smallest absolute Gasteiger partial charge is 0.361 e. The van der Waals surface area contributed by atoms with Gasteiger partial charge in [-0.2, -0.15) is 13.2 Å². The van der Waals surface area contributed by atoms with Crippen molar-refractivity contribution in [1.29, 1.82) is 0 Å². The quantitative estimate of drug-likeness (QED) is 0.863. The Kier molecular flexibility index (Phi) is 4.33. The van der Waals surface area contributed by atoms with Gasteiger partial charge in [-0.05, 0) is 40.0 Å². The summed E-state index contributed by atoms with van der Waals surface area (Å²) >= 11 is 0. The first-order chi connectivity index (χ1) is 9.96. The van der Waals surface area contributed by atoms with E-state index in [2.05, 4.69) is 9.88 Å². The highest BCUT2D eigenvalue weighted by Crippen LogP contribution is 2.58. The first kappa shape index (κ1) is 17.3. The number of nitrogens with zero attached hydrogens (tertiary/aromatic N) is 1. The fraction of sp³-hybridized carbons (Fsp3) is 0.769. The Morgan fingerprint density at radius 1 is 1.36 bits per heavy atom. The van der Waals surface area contributed by atoms with E-state index in [9.17, 15) is 21.6 Å². The van der Waals surface area contributed by atoms with E-state index < -0.39 is 33.4 Å². The van der Waals surface area contributed by atoms with Gasteiger partial charge in [0.15, 0.2) is 0 Å². The van der Waals surface area contributed by atoms with Crippen molar-refractivity contribution in [2.75, 3.05) is 5.75 Å². The molecule has 22 heavy (non-hydrogen) atoms. The number of alkyl halides is 3. The number of rotatable bonds is 6. The number of hydrogen-bond donors (Lipinski definition) is 1. The minimum absolute atomic E-state index is 0.129. The van der Waals surface area contributed by atoms with Gasteiger partial charge in [0.2, 0.25) is 10.0 Å². The fourth-order valence-electron chi connectivity index (χ4n) is 2.51. The Bertz CT molecular complexity index is 628. The van der Waals surface area contributed by atoms with Gasteiger partial charge in [0.05, 0.1) is 16.9 Å². The van der Waals surface area contributed by atoms with Gasteiger partial charge in [-0.25, -0.2) is 13.1 Å². The van der Waals surface area contributed by atoms with E-state index in [1.807, 2.05) is 0 Å². The molecule has 0 spiro atoms. The highest BCUT2D eigenvalue weighted by molar-refractivity contribution is 7.89. The molecule has 0 aromatic carbocycles. The van der Waals surface area contributed by atoms with Crippen LogP contribution >= 0.6 is 0 Å². The zero-order chi connectivity index (χ0) is 16.8. The molecule has 1 saturated carbocycles. The Morgan fingerprint density at radius 2 is 1.95 bits per heavy atom. The van der Waals surface area contributed by atoms with Crippen molar-refractivity contribution in [3.8, 4) is 0 Å². The number of nitrogens with one attached hydrogen (secondary N) is 1. The molecule has 0 unspecified atom stereocenters. The SMILES string of the molecule is Cc1noc(C)c1C[C@H](C)NS(=O)(=O)CC1(C(F)(F)F)CC1. The van der Waals surface area contributed by atoms with Crippen LogP contribution in [-0.4, -0.2) is 31.5 Å². The molecule has 1 fully saturated rings. The van der Waals surface area contributed by atoms with Gasteiger partial charge in [-0.1, -0.05) is 5.16 Å². The Labute approximate surface area is 127 Å². The summed E-state index contributed by atoms with van der Waals surface area (Å²) in [5.41, 5.74) is -0.647. The summed E-state index contributed by atoms with van der Waals surface area (Å²) in [7, 11) is -4.01. The highest BCUT2D eigenvalue weighted by atomic mass is 32.2. The highest BCUT2D eigenvalue weighted by Gasteiger charge is 2.64. The standard InChI is InChI=1S/C13H19F3N2O3S/c1-8(6-11-9(2)17-21-10(11)3)18-22(19,20)7-12(4-5-12)13(14,15)16/h8,18H,4-7H2,1-3H3/t8-/m0/s1. The van der Waals surface area contributed by atoms with Gasteiger partial charge in [0, 0.05) is 11.6 Å². The molecule has 1 N–H and O–H groups in total. The second-order valence-electron chi connectivity index (χ2n) is 6.06. The monoisotopic (exact) mass is 340 g/mol. The van der Waals surface area contributed by atoms with Gasteiger partial charge in [0.25, 0.3) is 0 Å². The number of hydrogen-bond acceptors (Lipinski definition) is 4. The van der Waals surface area contributed by atoms with Crippen LogP contribution < -0.4 is 4.72 Å². The van der Waals surface area contributed by atoms with Crippen LogP contribution in [0.2, 0.25) is 0 Å². The molecule has 0 amide bonds. The van der Waals surface area contributed by atoms with Crippen LogP contribution in [0.5, 0.6) is 0 Å². The van der Waals surface area contributed by atoms with Crippen molar-refractivity contribution in [3.05, 3.63) is 17.0 Å². The van der Waals surface area contributed by atoms with Crippen molar-refractivity contribution in [2.24, 2.45) is 5.41 Å². The van der Waals surface area contributed by atoms with Gasteiger partial charge >= 0.3 is 6.18 Å². The van der Waals surface area contributed by atoms with Crippen LogP contribution in [0, 0.1) is 19.3 Å². The second kappa shape index (κ2) is 5.52. The molecule has 1 aromatic heterocycles. The molecule has 0 aliphatic heterocycles. The van der Waals surface area contributed by atoms with Gasteiger partial charge in [-0.15, -0.1) is 0 Å². The predicted molar refractivity (Wildman–Crippen MR) is 73.8 cm³/mol. The average molecular weight is 340 g/mol. The number of aryl methyl sites for hydroxylation is 2. The van der Waals surface area contributed by atoms with Crippen molar-refractivity contribution < 1.29 is 26.1 Å². The molecular weight excluding hydrogens is 321 g/mol. The number of halogens is 3. The molecule has 1 aliphatic rings. The van der Waals surface area contributed by atoms with E-state index in [4.69, 9.17) is 4.52 Å². The average Bonchev–Trinajstić information content (AvgIpc) is 3.05. The third kappa shape index (κ3) is 3.62. The van der Waals surface area contributed by atoms with E-state index in [0.717, 1.165) is 5.56 Å². The van der Waals surface area contributed by atoms with Gasteiger partial charge in [0.1, 0.15) is 5.76 Å². The van der Waals surface area contributed by atoms with Crippen molar-refractivity contribution >= 4 is 10.0 Å². The van der Waals surface area contributed by atoms with E-state index >= 15 is 0 Å². The molecule has 1 aliphatic carbocycles. The third-order valence-electron chi connectivity index (χ3n) is 3.99. The first-order valence-electron chi connectivity index (χ1n) is 6.94. The van der Waals surface area contributed by atoms with E-state index in [1.54, 1.807) is 20.8 Å². The van der Waals surface area contributed by atoms with Crippen LogP contribution in [-0.2, 0) is 16.4 Å². The molecule has 0 radical (unpaired) electrons. The minimum Gasteiger partial charge on any atom is -0.361 e. The number of sulfonamides is 1. The van der Waals surface area contributed by atoms with E-state index in [-0.39, 0.29) is 12.8 Å². The lowest BCUT2D eigenvalue weighted by Gasteiger charge is -2.21. The lowest BCUT2D eigenvalue weighted by molar-refractivity contribution is -0.180. The van der Waals surface area contributed by atoms with Crippen LogP contribution in [0.25, 0.3) is 0 Å². The van der Waals surface area contributed by atoms with Crippen LogP contribution in [0.1, 0.15) is 36.8 Å². The summed E-state index contributed by atoms with van der Waals surface area (Å²) in [5.74, 6) is -0.326. The normalized spacial score (nSPS) is 19.2. The number of aromatic nitrogens is 1. The Morgan fingerprint density at radius 3 is 2.36 bits per heavy atom. The molecule has 1 atom stereocenters. The second-order valence-corrected chi connectivity index (χ2v) is 7.82. The lowest BCUT2D eigenvalue weighted by atomic mass is 10.1. The zero-order valence-electron chi connectivity index (χ0n) is 12.6. The fourth-order valence-corrected chi connectivity index (χ4v) is 4.47. The van der Waals surface area contributed by atoms with Gasteiger partial charge in [-0.3, -0.25) is 0 Å².